The SMILES string of the molecule is COc1ccc(N)cc1NC(=O)C1CCC(C)CC1. The lowest BCUT2D eigenvalue weighted by molar-refractivity contribution is -0.121. The van der Waals surface area contributed by atoms with Gasteiger partial charge in [0, 0.05) is 11.6 Å². The number of nitrogens with two attached hydrogens (primary N) is 1. The van der Waals surface area contributed by atoms with Gasteiger partial charge in [0.2, 0.25) is 5.91 Å². The maximum absolute atomic E-state index is 12.2. The molecule has 1 aliphatic rings. The highest BCUT2D eigenvalue weighted by Crippen LogP contribution is 2.31. The fraction of sp³-hybridized carbons (Fsp3) is 0.533. The Balaban J connectivity index is 2.04. The van der Waals surface area contributed by atoms with E-state index in [1.807, 2.05) is 0 Å². The molecular weight excluding hydrogens is 240 g/mol. The van der Waals surface area contributed by atoms with Gasteiger partial charge in [0.25, 0.3) is 0 Å². The van der Waals surface area contributed by atoms with Crippen molar-refractivity contribution < 1.29 is 9.53 Å². The number of anilines is 2. The average Bonchev–Trinajstić information content (AvgIpc) is 2.39. The normalized spacial score (nSPS) is 22.8. The lowest BCUT2D eigenvalue weighted by Gasteiger charge is -2.25. The molecule has 0 saturated heterocycles. The number of rotatable bonds is 3. The van der Waals surface area contributed by atoms with E-state index in [0.717, 1.165) is 31.6 Å². The smallest absolute Gasteiger partial charge is 0.227 e. The summed E-state index contributed by atoms with van der Waals surface area (Å²) in [7, 11) is 1.59. The van der Waals surface area contributed by atoms with Crippen molar-refractivity contribution in [3.05, 3.63) is 18.2 Å². The van der Waals surface area contributed by atoms with Gasteiger partial charge in [0.15, 0.2) is 0 Å². The van der Waals surface area contributed by atoms with Crippen LogP contribution in [0.5, 0.6) is 5.75 Å². The van der Waals surface area contributed by atoms with Crippen molar-refractivity contribution in [2.24, 2.45) is 11.8 Å². The Labute approximate surface area is 114 Å². The van der Waals surface area contributed by atoms with Gasteiger partial charge in [-0.1, -0.05) is 6.92 Å². The number of benzene rings is 1. The van der Waals surface area contributed by atoms with Crippen molar-refractivity contribution in [2.75, 3.05) is 18.2 Å². The van der Waals surface area contributed by atoms with Crippen molar-refractivity contribution in [3.63, 3.8) is 0 Å². The highest BCUT2D eigenvalue weighted by Gasteiger charge is 2.24. The molecular formula is C15H22N2O2. The molecule has 0 radical (unpaired) electrons. The summed E-state index contributed by atoms with van der Waals surface area (Å²) in [5, 5.41) is 2.94. The third kappa shape index (κ3) is 3.40. The topological polar surface area (TPSA) is 64.3 Å². The van der Waals surface area contributed by atoms with E-state index in [-0.39, 0.29) is 11.8 Å². The van der Waals surface area contributed by atoms with E-state index < -0.39 is 0 Å². The van der Waals surface area contributed by atoms with E-state index in [4.69, 9.17) is 10.5 Å². The summed E-state index contributed by atoms with van der Waals surface area (Å²) in [6, 6.07) is 5.27. The van der Waals surface area contributed by atoms with Crippen LogP contribution in [0.15, 0.2) is 18.2 Å². The van der Waals surface area contributed by atoms with Crippen LogP contribution in [-0.2, 0) is 4.79 Å². The van der Waals surface area contributed by atoms with E-state index in [9.17, 15) is 4.79 Å². The highest BCUT2D eigenvalue weighted by molar-refractivity contribution is 5.94. The summed E-state index contributed by atoms with van der Waals surface area (Å²) in [6.07, 6.45) is 4.20. The molecule has 1 aliphatic carbocycles. The predicted molar refractivity (Wildman–Crippen MR) is 77.2 cm³/mol. The Kier molecular flexibility index (Phi) is 4.30. The summed E-state index contributed by atoms with van der Waals surface area (Å²) in [5.74, 6) is 1.58. The first-order valence-electron chi connectivity index (χ1n) is 6.84. The maximum atomic E-state index is 12.2. The number of methoxy groups -OCH3 is 1. The molecule has 1 fully saturated rings. The maximum Gasteiger partial charge on any atom is 0.227 e. The van der Waals surface area contributed by atoms with Gasteiger partial charge in [-0.15, -0.1) is 0 Å². The molecule has 1 amide bonds. The van der Waals surface area contributed by atoms with Gasteiger partial charge >= 0.3 is 0 Å². The Morgan fingerprint density at radius 2 is 2.00 bits per heavy atom. The van der Waals surface area contributed by atoms with Gasteiger partial charge < -0.3 is 15.8 Å². The minimum atomic E-state index is 0.0794. The largest absolute Gasteiger partial charge is 0.495 e. The number of hydrogen-bond acceptors (Lipinski definition) is 3. The first kappa shape index (κ1) is 13.7. The molecule has 0 aliphatic heterocycles. The summed E-state index contributed by atoms with van der Waals surface area (Å²) in [4.78, 5) is 12.2. The van der Waals surface area contributed by atoms with Crippen molar-refractivity contribution in [1.29, 1.82) is 0 Å². The number of ether oxygens (including phenoxy) is 1. The fourth-order valence-corrected chi connectivity index (χ4v) is 2.58. The van der Waals surface area contributed by atoms with Crippen LogP contribution in [0.2, 0.25) is 0 Å². The second kappa shape index (κ2) is 5.95. The van der Waals surface area contributed by atoms with Crippen LogP contribution >= 0.6 is 0 Å². The predicted octanol–water partition coefficient (Wildman–Crippen LogP) is 3.04. The second-order valence-corrected chi connectivity index (χ2v) is 5.41. The van der Waals surface area contributed by atoms with E-state index in [0.29, 0.717) is 17.1 Å². The Morgan fingerprint density at radius 1 is 1.32 bits per heavy atom. The van der Waals surface area contributed by atoms with Crippen molar-refractivity contribution in [1.82, 2.24) is 0 Å². The number of amides is 1. The van der Waals surface area contributed by atoms with Crippen LogP contribution in [0, 0.1) is 11.8 Å². The van der Waals surface area contributed by atoms with Crippen molar-refractivity contribution in [2.45, 2.75) is 32.6 Å². The fourth-order valence-electron chi connectivity index (χ4n) is 2.58. The van der Waals surface area contributed by atoms with Gasteiger partial charge in [0.05, 0.1) is 12.8 Å². The molecule has 1 aromatic rings. The molecule has 0 unspecified atom stereocenters. The monoisotopic (exact) mass is 262 g/mol. The summed E-state index contributed by atoms with van der Waals surface area (Å²) >= 11 is 0. The Morgan fingerprint density at radius 3 is 2.63 bits per heavy atom. The molecule has 104 valence electrons. The van der Waals surface area contributed by atoms with Crippen LogP contribution in [0.1, 0.15) is 32.6 Å². The van der Waals surface area contributed by atoms with E-state index in [1.54, 1.807) is 25.3 Å². The highest BCUT2D eigenvalue weighted by atomic mass is 16.5. The van der Waals surface area contributed by atoms with Gasteiger partial charge in [-0.25, -0.2) is 0 Å². The van der Waals surface area contributed by atoms with Crippen LogP contribution < -0.4 is 15.8 Å². The third-order valence-corrected chi connectivity index (χ3v) is 3.87. The first-order chi connectivity index (χ1) is 9.10. The quantitative estimate of drug-likeness (QED) is 0.823. The number of hydrogen-bond donors (Lipinski definition) is 2. The molecule has 1 saturated carbocycles. The van der Waals surface area contributed by atoms with Crippen LogP contribution in [-0.4, -0.2) is 13.0 Å². The molecule has 0 heterocycles. The molecule has 1 aromatic carbocycles. The zero-order valence-electron chi connectivity index (χ0n) is 11.6. The van der Waals surface area contributed by atoms with Crippen molar-refractivity contribution >= 4 is 17.3 Å². The molecule has 0 aromatic heterocycles. The van der Waals surface area contributed by atoms with Crippen LogP contribution in [0.3, 0.4) is 0 Å². The van der Waals surface area contributed by atoms with Gasteiger partial charge in [-0.2, -0.15) is 0 Å². The molecule has 4 nitrogen and oxygen atoms in total. The zero-order valence-corrected chi connectivity index (χ0v) is 11.6. The first-order valence-corrected chi connectivity index (χ1v) is 6.84. The average molecular weight is 262 g/mol. The van der Waals surface area contributed by atoms with Crippen molar-refractivity contribution in [3.8, 4) is 5.75 Å². The molecule has 0 spiro atoms. The Bertz CT molecular complexity index is 451. The molecule has 0 bridgehead atoms. The number of nitrogen functional groups attached to an aromatic ring is 1. The van der Waals surface area contributed by atoms with Crippen LogP contribution in [0.4, 0.5) is 11.4 Å². The van der Waals surface area contributed by atoms with E-state index in [1.165, 1.54) is 0 Å². The molecule has 3 N–H and O–H groups in total. The summed E-state index contributed by atoms with van der Waals surface area (Å²) in [5.41, 5.74) is 7.03. The lowest BCUT2D eigenvalue weighted by atomic mass is 9.82. The summed E-state index contributed by atoms with van der Waals surface area (Å²) in [6.45, 7) is 2.25. The number of carbonyl (C=O) groups excluding carboxylic acids is 1. The minimum Gasteiger partial charge on any atom is -0.495 e. The minimum absolute atomic E-state index is 0.0794. The molecule has 4 heteroatoms. The van der Waals surface area contributed by atoms with Gasteiger partial charge in [-0.05, 0) is 49.8 Å². The second-order valence-electron chi connectivity index (χ2n) is 5.41. The van der Waals surface area contributed by atoms with E-state index in [2.05, 4.69) is 12.2 Å². The molecule has 2 rings (SSSR count). The number of nitrogens with one attached hydrogen (secondary N) is 1. The molecule has 0 atom stereocenters. The Hall–Kier alpha value is -1.71. The van der Waals surface area contributed by atoms with Gasteiger partial charge in [-0.3, -0.25) is 4.79 Å². The van der Waals surface area contributed by atoms with Gasteiger partial charge in [0.1, 0.15) is 5.75 Å². The van der Waals surface area contributed by atoms with Crippen LogP contribution in [0.25, 0.3) is 0 Å². The number of carbonyl (C=O) groups is 1. The molecule has 19 heavy (non-hydrogen) atoms. The lowest BCUT2D eigenvalue weighted by Crippen LogP contribution is -2.26. The summed E-state index contributed by atoms with van der Waals surface area (Å²) < 4.78 is 5.24. The standard InChI is InChI=1S/C15H22N2O2/c1-10-3-5-11(6-4-10)15(18)17-13-9-12(16)7-8-14(13)19-2/h7-11H,3-6,16H2,1-2H3,(H,17,18). The van der Waals surface area contributed by atoms with E-state index >= 15 is 0 Å². The third-order valence-electron chi connectivity index (χ3n) is 3.87. The zero-order chi connectivity index (χ0) is 13.8.